The number of ether oxygens (including phenoxy) is 1. The summed E-state index contributed by atoms with van der Waals surface area (Å²) in [4.78, 5) is 21.7. The number of nitrogen functional groups attached to an aromatic ring is 7. The van der Waals surface area contributed by atoms with E-state index in [0.29, 0.717) is 28.3 Å². The molecule has 0 spiro atoms. The van der Waals surface area contributed by atoms with Crippen molar-refractivity contribution in [2.24, 2.45) is 0 Å². The number of non-ortho nitro benzene ring substituents is 1. The van der Waals surface area contributed by atoms with Crippen molar-refractivity contribution >= 4 is 62.9 Å². The van der Waals surface area contributed by atoms with Crippen LogP contribution in [-0.2, 0) is 0 Å². The molecule has 0 heterocycles. The van der Waals surface area contributed by atoms with Gasteiger partial charge >= 0.3 is 0 Å². The second-order valence-electron chi connectivity index (χ2n) is 18.3. The lowest BCUT2D eigenvalue weighted by Gasteiger charge is -2.05. The average molecular weight is 1120 g/mol. The number of carbonyl (C=O) groups excluding carboxylic acids is 1. The largest absolute Gasteiger partial charge is 0.508 e. The van der Waals surface area contributed by atoms with Crippen molar-refractivity contribution < 1.29 is 29.1 Å². The lowest BCUT2D eigenvalue weighted by atomic mass is 10.0. The van der Waals surface area contributed by atoms with Gasteiger partial charge in [-0.3, -0.25) is 14.9 Å². The van der Waals surface area contributed by atoms with Gasteiger partial charge in [-0.2, -0.15) is 0 Å². The van der Waals surface area contributed by atoms with Crippen molar-refractivity contribution in [2.45, 2.75) is 62.3 Å². The summed E-state index contributed by atoms with van der Waals surface area (Å²) in [6, 6.07) is 52.9. The van der Waals surface area contributed by atoms with Crippen LogP contribution in [0.15, 0.2) is 182 Å². The number of methoxy groups -OCH3 is 1. The number of benzene rings is 9. The van der Waals surface area contributed by atoms with Gasteiger partial charge in [-0.1, -0.05) is 108 Å². The molecule has 81 heavy (non-hydrogen) atoms. The van der Waals surface area contributed by atoms with Crippen molar-refractivity contribution in [3.63, 3.8) is 0 Å². The number of anilines is 7. The molecule has 0 saturated carbocycles. The number of aromatic hydroxyl groups is 2. The first-order chi connectivity index (χ1) is 38.2. The van der Waals surface area contributed by atoms with Gasteiger partial charge in [0.2, 0.25) is 0 Å². The summed E-state index contributed by atoms with van der Waals surface area (Å²) in [5, 5.41) is 28.7. The Morgan fingerprint density at radius 3 is 1.36 bits per heavy atom. The number of hydrogen-bond acceptors (Lipinski definition) is 13. The van der Waals surface area contributed by atoms with Crippen LogP contribution < -0.4 is 44.9 Å². The first-order valence-corrected chi connectivity index (χ1v) is 25.6. The summed E-state index contributed by atoms with van der Waals surface area (Å²) in [7, 11) is 1.64. The first-order valence-electron chi connectivity index (χ1n) is 25.2. The Kier molecular flexibility index (Phi) is 28.5. The third-order valence-electron chi connectivity index (χ3n) is 12.1. The summed E-state index contributed by atoms with van der Waals surface area (Å²) >= 11 is 5.73. The zero-order chi connectivity index (χ0) is 60.9. The molecule has 0 aliphatic rings. The Morgan fingerprint density at radius 1 is 0.457 bits per heavy atom. The maximum atomic E-state index is 12.5. The number of aryl methyl sites for hydroxylation is 5. The second-order valence-corrected chi connectivity index (χ2v) is 18.7. The molecular weight excluding hydrogens is 1040 g/mol. The zero-order valence-electron chi connectivity index (χ0n) is 47.6. The monoisotopic (exact) mass is 1120 g/mol. The Morgan fingerprint density at radius 2 is 0.926 bits per heavy atom. The van der Waals surface area contributed by atoms with Crippen molar-refractivity contribution in [2.75, 3.05) is 47.2 Å². The molecule has 9 aromatic carbocycles. The van der Waals surface area contributed by atoms with Gasteiger partial charge in [0, 0.05) is 85.3 Å². The van der Waals surface area contributed by atoms with E-state index < -0.39 is 4.92 Å². The molecule has 0 aliphatic heterocycles. The van der Waals surface area contributed by atoms with Gasteiger partial charge in [-0.25, -0.2) is 4.39 Å². The number of rotatable bonds is 4. The standard InChI is InChI=1S/C14H12O.C8H11NO.C8H11N.C7H8ClN.C7H8FN.C7H8N2O2.2C7H9NO/c1-11-7-9-13(10-8-11)14(15)12-5-3-2-4-6-12;1-6-7(9)4-3-5-8(6)10-2;1-6-4-3-5-8(9)7(6)2;2*1-5-6(8)3-2-4-7(5)9;1-5-4-6(9(10)11)2-3-7(5)8;1-5-4-6(9)2-3-7(5)8;1-5-2-3-6(9)4-7(5)8/h2-10H,1H3;3-5H,9H2,1-2H3;3-5H,9H2,1-2H3;2*2-4H,9H2,1H3;2-4H,8H2,1H3;2*2-4,9H,8H2,1H3. The van der Waals surface area contributed by atoms with Crippen molar-refractivity contribution in [3.05, 3.63) is 264 Å². The molecular formula is C65H76ClFN8O6. The van der Waals surface area contributed by atoms with Crippen LogP contribution in [0.2, 0.25) is 5.02 Å². The molecule has 16 heteroatoms. The number of nitrogens with zero attached hydrogens (tertiary/aromatic N) is 1. The Hall–Kier alpha value is -9.73. The number of nitro benzene ring substituents is 1. The number of ketones is 1. The van der Waals surface area contributed by atoms with Crippen molar-refractivity contribution in [3.8, 4) is 17.2 Å². The molecule has 0 fully saturated rings. The van der Waals surface area contributed by atoms with Crippen LogP contribution in [0, 0.1) is 78.2 Å². The number of hydrogen-bond donors (Lipinski definition) is 9. The van der Waals surface area contributed by atoms with Crippen LogP contribution in [0.3, 0.4) is 0 Å². The molecule has 0 radical (unpaired) electrons. The fourth-order valence-corrected chi connectivity index (χ4v) is 6.58. The number of nitrogens with two attached hydrogens (primary N) is 7. The summed E-state index contributed by atoms with van der Waals surface area (Å²) in [5.41, 5.74) is 53.7. The number of halogens is 2. The topological polar surface area (TPSA) is 292 Å². The average Bonchev–Trinajstić information content (AvgIpc) is 3.44. The molecule has 16 N–H and O–H groups in total. The van der Waals surface area contributed by atoms with Gasteiger partial charge in [0.05, 0.1) is 12.0 Å². The van der Waals surface area contributed by atoms with E-state index in [1.807, 2.05) is 145 Å². The third kappa shape index (κ3) is 23.8. The van der Waals surface area contributed by atoms with Gasteiger partial charge in [-0.15, -0.1) is 0 Å². The van der Waals surface area contributed by atoms with Crippen molar-refractivity contribution in [1.82, 2.24) is 0 Å². The van der Waals surface area contributed by atoms with Crippen LogP contribution in [0.5, 0.6) is 17.2 Å². The van der Waals surface area contributed by atoms with Gasteiger partial charge in [0.1, 0.15) is 23.1 Å². The highest BCUT2D eigenvalue weighted by Crippen LogP contribution is 2.23. The van der Waals surface area contributed by atoms with E-state index in [-0.39, 0.29) is 28.8 Å². The highest BCUT2D eigenvalue weighted by atomic mass is 35.5. The molecule has 0 bridgehead atoms. The fourth-order valence-electron chi connectivity index (χ4n) is 6.40. The van der Waals surface area contributed by atoms with Crippen LogP contribution in [0.25, 0.3) is 0 Å². The summed E-state index contributed by atoms with van der Waals surface area (Å²) in [5.74, 6) is 1.17. The van der Waals surface area contributed by atoms with E-state index in [1.54, 1.807) is 63.4 Å². The molecule has 426 valence electrons. The molecule has 0 saturated heterocycles. The Labute approximate surface area is 480 Å². The minimum atomic E-state index is -0.438. The SMILES string of the molecule is COc1cccc(N)c1C.Cc1c(N)cccc1Cl.Cc1c(N)cccc1F.Cc1cc(O)ccc1N.Cc1cc([N+](=O)[O-])ccc1N.Cc1ccc(C(=O)c2ccccc2)cc1.Cc1ccc(O)cc1N.Cc1cccc(N)c1C. The lowest BCUT2D eigenvalue weighted by molar-refractivity contribution is -0.384. The first kappa shape index (κ1) is 67.4. The molecule has 0 amide bonds. The number of nitro groups is 1. The summed E-state index contributed by atoms with van der Waals surface area (Å²) in [6.07, 6.45) is 0. The zero-order valence-corrected chi connectivity index (χ0v) is 48.3. The normalized spacial score (nSPS) is 9.58. The lowest BCUT2D eigenvalue weighted by Crippen LogP contribution is -2.00. The number of phenols is 2. The molecule has 0 aliphatic carbocycles. The van der Waals surface area contributed by atoms with E-state index >= 15 is 0 Å². The van der Waals surface area contributed by atoms with Gasteiger partial charge < -0.3 is 55.1 Å². The van der Waals surface area contributed by atoms with Gasteiger partial charge in [-0.05, 0) is 168 Å². The van der Waals surface area contributed by atoms with E-state index in [9.17, 15) is 19.3 Å². The number of carbonyl (C=O) groups is 1. The van der Waals surface area contributed by atoms with E-state index in [4.69, 9.17) is 66.7 Å². The maximum Gasteiger partial charge on any atom is 0.269 e. The minimum Gasteiger partial charge on any atom is -0.508 e. The van der Waals surface area contributed by atoms with Crippen LogP contribution in [-0.4, -0.2) is 28.0 Å². The van der Waals surface area contributed by atoms with Crippen LogP contribution in [0.4, 0.5) is 49.9 Å². The predicted molar refractivity (Wildman–Crippen MR) is 336 cm³/mol. The molecule has 0 unspecified atom stereocenters. The van der Waals surface area contributed by atoms with Gasteiger partial charge in [0.25, 0.3) is 5.69 Å². The van der Waals surface area contributed by atoms with E-state index in [1.165, 1.54) is 47.0 Å². The Bertz CT molecular complexity index is 3210. The van der Waals surface area contributed by atoms with Crippen molar-refractivity contribution in [1.29, 1.82) is 0 Å². The maximum absolute atomic E-state index is 12.5. The summed E-state index contributed by atoms with van der Waals surface area (Å²) < 4.78 is 17.5. The van der Waals surface area contributed by atoms with Crippen LogP contribution in [0.1, 0.15) is 66.0 Å². The molecule has 9 rings (SSSR count). The smallest absolute Gasteiger partial charge is 0.269 e. The summed E-state index contributed by atoms with van der Waals surface area (Å²) in [6.45, 7) is 17.1. The molecule has 0 atom stereocenters. The fraction of sp³-hybridized carbons (Fsp3) is 0.154. The van der Waals surface area contributed by atoms with E-state index in [0.717, 1.165) is 66.8 Å². The minimum absolute atomic E-state index is 0.0793. The predicted octanol–water partition coefficient (Wildman–Crippen LogP) is 14.7. The van der Waals surface area contributed by atoms with Crippen LogP contribution >= 0.6 is 11.6 Å². The van der Waals surface area contributed by atoms with Gasteiger partial charge in [0.15, 0.2) is 5.78 Å². The highest BCUT2D eigenvalue weighted by Gasteiger charge is 2.08. The molecule has 0 aromatic heterocycles. The highest BCUT2D eigenvalue weighted by molar-refractivity contribution is 6.31. The second kappa shape index (κ2) is 34.2. The third-order valence-corrected chi connectivity index (χ3v) is 12.6. The quantitative estimate of drug-likeness (QED) is 0.0261. The van der Waals surface area contributed by atoms with E-state index in [2.05, 4.69) is 13.0 Å². The molecule has 9 aromatic rings. The Balaban J connectivity index is 0.000000319. The molecule has 14 nitrogen and oxygen atoms in total. The number of phenolic OH excluding ortho intramolecular Hbond substituents is 2.